The molecular formula is C16H15FN2O5S. The van der Waals surface area contributed by atoms with Crippen molar-refractivity contribution in [1.82, 2.24) is 10.9 Å². The molecule has 25 heavy (non-hydrogen) atoms. The zero-order valence-corrected chi connectivity index (χ0v) is 13.8. The van der Waals surface area contributed by atoms with E-state index in [0.29, 0.717) is 11.3 Å². The summed E-state index contributed by atoms with van der Waals surface area (Å²) < 4.78 is 41.0. The second-order valence-corrected chi connectivity index (χ2v) is 7.94. The SMILES string of the molecule is O=C(NNC(=O)[C@H]1CCS(=O)(=O)C1)c1ccc(-c2ccc(F)cc2)o1. The van der Waals surface area contributed by atoms with Crippen LogP contribution in [-0.4, -0.2) is 31.7 Å². The summed E-state index contributed by atoms with van der Waals surface area (Å²) in [6.07, 6.45) is 0.236. The average Bonchev–Trinajstić information content (AvgIpc) is 3.20. The van der Waals surface area contributed by atoms with Gasteiger partial charge in [0.2, 0.25) is 5.91 Å². The van der Waals surface area contributed by atoms with Gasteiger partial charge in [-0.2, -0.15) is 0 Å². The molecule has 3 rings (SSSR count). The van der Waals surface area contributed by atoms with Gasteiger partial charge in [-0.3, -0.25) is 20.4 Å². The Morgan fingerprint density at radius 2 is 1.80 bits per heavy atom. The highest BCUT2D eigenvalue weighted by molar-refractivity contribution is 7.91. The summed E-state index contributed by atoms with van der Waals surface area (Å²) in [4.78, 5) is 23.9. The largest absolute Gasteiger partial charge is 0.451 e. The fraction of sp³-hybridized carbons (Fsp3) is 0.250. The van der Waals surface area contributed by atoms with Crippen LogP contribution in [0.15, 0.2) is 40.8 Å². The molecule has 2 aromatic rings. The van der Waals surface area contributed by atoms with Gasteiger partial charge in [0.1, 0.15) is 11.6 Å². The number of carbonyl (C=O) groups excluding carboxylic acids is 2. The minimum Gasteiger partial charge on any atom is -0.451 e. The van der Waals surface area contributed by atoms with E-state index in [1.165, 1.54) is 30.3 Å². The van der Waals surface area contributed by atoms with Crippen LogP contribution in [0.25, 0.3) is 11.3 Å². The Morgan fingerprint density at radius 3 is 2.44 bits per heavy atom. The molecule has 1 fully saturated rings. The number of hydrazine groups is 1. The maximum atomic E-state index is 12.9. The molecule has 2 heterocycles. The lowest BCUT2D eigenvalue weighted by Gasteiger charge is -2.09. The Kier molecular flexibility index (Phi) is 4.58. The van der Waals surface area contributed by atoms with Crippen molar-refractivity contribution in [3.63, 3.8) is 0 Å². The third-order valence-corrected chi connectivity index (χ3v) is 5.63. The van der Waals surface area contributed by atoms with Crippen LogP contribution in [0.2, 0.25) is 0 Å². The predicted octanol–water partition coefficient (Wildman–Crippen LogP) is 1.28. The first-order valence-electron chi connectivity index (χ1n) is 7.50. The maximum absolute atomic E-state index is 12.9. The van der Waals surface area contributed by atoms with E-state index in [9.17, 15) is 22.4 Å². The molecule has 132 valence electrons. The number of hydrogen-bond donors (Lipinski definition) is 2. The highest BCUT2D eigenvalue weighted by Gasteiger charge is 2.33. The van der Waals surface area contributed by atoms with E-state index in [4.69, 9.17) is 4.42 Å². The summed E-state index contributed by atoms with van der Waals surface area (Å²) in [5, 5.41) is 0. The van der Waals surface area contributed by atoms with E-state index in [2.05, 4.69) is 10.9 Å². The zero-order valence-electron chi connectivity index (χ0n) is 13.0. The number of furan rings is 1. The highest BCUT2D eigenvalue weighted by Crippen LogP contribution is 2.22. The van der Waals surface area contributed by atoms with Crippen molar-refractivity contribution in [3.8, 4) is 11.3 Å². The molecule has 1 aliphatic rings. The number of benzene rings is 1. The van der Waals surface area contributed by atoms with Gasteiger partial charge < -0.3 is 4.42 Å². The van der Waals surface area contributed by atoms with Crippen LogP contribution in [0.5, 0.6) is 0 Å². The lowest BCUT2D eigenvalue weighted by Crippen LogP contribution is -2.44. The van der Waals surface area contributed by atoms with Crippen LogP contribution in [0.1, 0.15) is 17.0 Å². The van der Waals surface area contributed by atoms with E-state index >= 15 is 0 Å². The predicted molar refractivity (Wildman–Crippen MR) is 86.5 cm³/mol. The van der Waals surface area contributed by atoms with E-state index in [1.54, 1.807) is 6.07 Å². The molecule has 1 saturated heterocycles. The van der Waals surface area contributed by atoms with Crippen molar-refractivity contribution >= 4 is 21.7 Å². The lowest BCUT2D eigenvalue weighted by atomic mass is 10.1. The van der Waals surface area contributed by atoms with Gasteiger partial charge in [0.15, 0.2) is 15.6 Å². The molecule has 9 heteroatoms. The Balaban J connectivity index is 1.59. The quantitative estimate of drug-likeness (QED) is 0.796. The molecule has 0 saturated carbocycles. The van der Waals surface area contributed by atoms with Gasteiger partial charge in [-0.05, 0) is 42.8 Å². The van der Waals surface area contributed by atoms with Crippen molar-refractivity contribution in [2.75, 3.05) is 11.5 Å². The number of nitrogens with one attached hydrogen (secondary N) is 2. The summed E-state index contributed by atoms with van der Waals surface area (Å²) >= 11 is 0. The van der Waals surface area contributed by atoms with Crippen LogP contribution >= 0.6 is 0 Å². The monoisotopic (exact) mass is 366 g/mol. The molecule has 1 atom stereocenters. The smallest absolute Gasteiger partial charge is 0.305 e. The summed E-state index contributed by atoms with van der Waals surface area (Å²) in [7, 11) is -3.18. The summed E-state index contributed by atoms with van der Waals surface area (Å²) in [6, 6.07) is 8.53. The number of hydrogen-bond acceptors (Lipinski definition) is 5. The summed E-state index contributed by atoms with van der Waals surface area (Å²) in [5.41, 5.74) is 4.99. The third kappa shape index (κ3) is 4.05. The van der Waals surface area contributed by atoms with Crippen LogP contribution in [-0.2, 0) is 14.6 Å². The number of amides is 2. The Labute approximate surface area is 143 Å². The zero-order chi connectivity index (χ0) is 18.0. The molecule has 0 spiro atoms. The van der Waals surface area contributed by atoms with Gasteiger partial charge in [0.25, 0.3) is 0 Å². The van der Waals surface area contributed by atoms with Gasteiger partial charge in [0, 0.05) is 5.56 Å². The highest BCUT2D eigenvalue weighted by atomic mass is 32.2. The first kappa shape index (κ1) is 17.2. The number of carbonyl (C=O) groups is 2. The van der Waals surface area contributed by atoms with Gasteiger partial charge in [-0.1, -0.05) is 0 Å². The van der Waals surface area contributed by atoms with E-state index in [1.807, 2.05) is 0 Å². The minimum atomic E-state index is -3.18. The molecule has 1 aromatic heterocycles. The molecule has 0 bridgehead atoms. The molecule has 2 amide bonds. The van der Waals surface area contributed by atoms with Crippen molar-refractivity contribution in [2.45, 2.75) is 6.42 Å². The molecule has 0 aliphatic carbocycles. The van der Waals surface area contributed by atoms with Crippen molar-refractivity contribution in [2.24, 2.45) is 5.92 Å². The number of rotatable bonds is 3. The fourth-order valence-electron chi connectivity index (χ4n) is 2.51. The second kappa shape index (κ2) is 6.67. The Morgan fingerprint density at radius 1 is 1.08 bits per heavy atom. The van der Waals surface area contributed by atoms with Crippen molar-refractivity contribution in [3.05, 3.63) is 48.0 Å². The molecule has 0 radical (unpaired) electrons. The maximum Gasteiger partial charge on any atom is 0.305 e. The lowest BCUT2D eigenvalue weighted by molar-refractivity contribution is -0.125. The van der Waals surface area contributed by atoms with Gasteiger partial charge in [-0.15, -0.1) is 0 Å². The summed E-state index contributed by atoms with van der Waals surface area (Å²) in [6.45, 7) is 0. The fourth-order valence-corrected chi connectivity index (χ4v) is 4.25. The van der Waals surface area contributed by atoms with Gasteiger partial charge in [0.05, 0.1) is 17.4 Å². The van der Waals surface area contributed by atoms with Gasteiger partial charge in [-0.25, -0.2) is 12.8 Å². The van der Waals surface area contributed by atoms with Crippen LogP contribution in [0.3, 0.4) is 0 Å². The standard InChI is InChI=1S/C16H15FN2O5S/c17-12-3-1-10(2-4-12)13-5-6-14(24-13)16(21)19-18-15(20)11-7-8-25(22,23)9-11/h1-6,11H,7-9H2,(H,18,20)(H,19,21)/t11-/m0/s1. The normalized spacial score (nSPS) is 18.7. The minimum absolute atomic E-state index is 0.0295. The van der Waals surface area contributed by atoms with E-state index in [0.717, 1.165) is 0 Å². The Hall–Kier alpha value is -2.68. The molecular weight excluding hydrogens is 351 g/mol. The number of sulfone groups is 1. The third-order valence-electron chi connectivity index (χ3n) is 3.86. The first-order valence-corrected chi connectivity index (χ1v) is 9.32. The topological polar surface area (TPSA) is 105 Å². The van der Waals surface area contributed by atoms with Crippen molar-refractivity contribution < 1.29 is 26.8 Å². The first-order chi connectivity index (χ1) is 11.8. The van der Waals surface area contributed by atoms with Crippen LogP contribution in [0.4, 0.5) is 4.39 Å². The number of halogens is 1. The Bertz CT molecular complexity index is 905. The van der Waals surface area contributed by atoms with Crippen LogP contribution < -0.4 is 10.9 Å². The van der Waals surface area contributed by atoms with Crippen LogP contribution in [0, 0.1) is 11.7 Å². The van der Waals surface area contributed by atoms with E-state index in [-0.39, 0.29) is 29.5 Å². The van der Waals surface area contributed by atoms with Gasteiger partial charge >= 0.3 is 5.91 Å². The molecule has 1 aromatic carbocycles. The van der Waals surface area contributed by atoms with Crippen molar-refractivity contribution in [1.29, 1.82) is 0 Å². The molecule has 0 unspecified atom stereocenters. The average molecular weight is 366 g/mol. The van der Waals surface area contributed by atoms with E-state index < -0.39 is 27.6 Å². The molecule has 1 aliphatic heterocycles. The molecule has 7 nitrogen and oxygen atoms in total. The second-order valence-electron chi connectivity index (χ2n) is 5.71. The summed E-state index contributed by atoms with van der Waals surface area (Å²) in [5.74, 6) is -2.21. The molecule has 2 N–H and O–H groups in total.